The molecule has 28 heavy (non-hydrogen) atoms. The molecule has 3 nitrogen and oxygen atoms in total. The molecule has 3 aliphatic rings. The Labute approximate surface area is 174 Å². The van der Waals surface area contributed by atoms with E-state index in [2.05, 4.69) is 31.6 Å². The maximum atomic E-state index is 9.24. The molecule has 164 valence electrons. The second-order valence-corrected chi connectivity index (χ2v) is 10.6. The summed E-state index contributed by atoms with van der Waals surface area (Å²) in [5, 5.41) is 13.4. The van der Waals surface area contributed by atoms with Crippen LogP contribution in [0.1, 0.15) is 104 Å². The molecule has 0 saturated heterocycles. The van der Waals surface area contributed by atoms with Crippen LogP contribution in [0, 0.1) is 35.5 Å². The molecule has 3 rings (SSSR count). The van der Waals surface area contributed by atoms with Crippen LogP contribution in [0.5, 0.6) is 0 Å². The minimum atomic E-state index is 0.736. The van der Waals surface area contributed by atoms with Crippen molar-refractivity contribution in [3.63, 3.8) is 0 Å². The summed E-state index contributed by atoms with van der Waals surface area (Å²) in [4.78, 5) is 0. The summed E-state index contributed by atoms with van der Waals surface area (Å²) in [5.41, 5.74) is 2.47. The lowest BCUT2D eigenvalue weighted by atomic mass is 9.70. The summed E-state index contributed by atoms with van der Waals surface area (Å²) < 4.78 is 0. The first-order chi connectivity index (χ1) is 13.7. The number of nitrogens with one attached hydrogen (secondary N) is 2. The van der Waals surface area contributed by atoms with Gasteiger partial charge in [0, 0.05) is 18.6 Å². The Hall–Kier alpha value is -0.120. The quantitative estimate of drug-likeness (QED) is 0.291. The largest absolute Gasteiger partial charge is 0.317 e. The molecule has 3 N–H and O–H groups in total. The fourth-order valence-electron chi connectivity index (χ4n) is 7.49. The molecule has 3 saturated carbocycles. The van der Waals surface area contributed by atoms with Gasteiger partial charge in [0.25, 0.3) is 0 Å². The van der Waals surface area contributed by atoms with Crippen LogP contribution < -0.4 is 10.8 Å². The van der Waals surface area contributed by atoms with Crippen LogP contribution in [0.15, 0.2) is 0 Å². The molecular weight excluding hydrogens is 344 g/mol. The highest BCUT2D eigenvalue weighted by Gasteiger charge is 2.52. The summed E-state index contributed by atoms with van der Waals surface area (Å²) in [5.74, 6) is 5.55. The van der Waals surface area contributed by atoms with Crippen molar-refractivity contribution >= 4 is 0 Å². The van der Waals surface area contributed by atoms with E-state index in [0.717, 1.165) is 54.1 Å². The Morgan fingerprint density at radius 1 is 0.857 bits per heavy atom. The van der Waals surface area contributed by atoms with E-state index in [1.165, 1.54) is 83.5 Å². The summed E-state index contributed by atoms with van der Waals surface area (Å²) in [6.45, 7) is 7.89. The van der Waals surface area contributed by atoms with E-state index in [-0.39, 0.29) is 0 Å². The van der Waals surface area contributed by atoms with Crippen LogP contribution in [0.2, 0.25) is 0 Å². The Bertz CT molecular complexity index is 442. The van der Waals surface area contributed by atoms with Crippen molar-refractivity contribution < 1.29 is 5.21 Å². The molecule has 3 aliphatic carbocycles. The standard InChI is InChI=1S/C25H48N2O/c1-4-6-7-9-19(8-5-2)27-20-11-13-22-21-12-10-18(3)16-24(21)23(14-15-26-28)25(22)17-20/h18-28H,4-17H2,1-3H3. The zero-order chi connectivity index (χ0) is 19.9. The highest BCUT2D eigenvalue weighted by atomic mass is 16.5. The van der Waals surface area contributed by atoms with Crippen molar-refractivity contribution in [2.45, 2.75) is 116 Å². The van der Waals surface area contributed by atoms with Crippen molar-refractivity contribution in [1.82, 2.24) is 10.8 Å². The Kier molecular flexibility index (Phi) is 9.12. The van der Waals surface area contributed by atoms with Gasteiger partial charge in [-0.05, 0) is 86.9 Å². The van der Waals surface area contributed by atoms with E-state index >= 15 is 0 Å². The summed E-state index contributed by atoms with van der Waals surface area (Å²) >= 11 is 0. The Morgan fingerprint density at radius 3 is 2.32 bits per heavy atom. The smallest absolute Gasteiger partial charge is 0.0210 e. The Balaban J connectivity index is 1.61. The van der Waals surface area contributed by atoms with Crippen molar-refractivity contribution in [3.05, 3.63) is 0 Å². The van der Waals surface area contributed by atoms with E-state index in [4.69, 9.17) is 0 Å². The van der Waals surface area contributed by atoms with Crippen LogP contribution in [0.3, 0.4) is 0 Å². The summed E-state index contributed by atoms with van der Waals surface area (Å²) in [6, 6.07) is 1.47. The third-order valence-electron chi connectivity index (χ3n) is 8.68. The van der Waals surface area contributed by atoms with E-state index < -0.39 is 0 Å². The molecule has 0 heterocycles. The highest BCUT2D eigenvalue weighted by Crippen LogP contribution is 2.58. The first kappa shape index (κ1) is 22.6. The SMILES string of the molecule is CCCCCC(CCC)NC1CCC2C3CCC(C)CC3C(CCNO)C2C1. The molecular formula is C25H48N2O. The predicted octanol–water partition coefficient (Wildman–Crippen LogP) is 6.16. The Morgan fingerprint density at radius 2 is 1.61 bits per heavy atom. The average molecular weight is 393 g/mol. The molecule has 0 aromatic carbocycles. The second-order valence-electron chi connectivity index (χ2n) is 10.6. The predicted molar refractivity (Wildman–Crippen MR) is 118 cm³/mol. The maximum absolute atomic E-state index is 9.24. The number of rotatable bonds is 11. The van der Waals surface area contributed by atoms with Crippen LogP contribution >= 0.6 is 0 Å². The molecule has 8 unspecified atom stereocenters. The molecule has 0 spiro atoms. The topological polar surface area (TPSA) is 44.3 Å². The number of hydrogen-bond acceptors (Lipinski definition) is 3. The van der Waals surface area contributed by atoms with Gasteiger partial charge >= 0.3 is 0 Å². The molecule has 0 radical (unpaired) electrons. The lowest BCUT2D eigenvalue weighted by molar-refractivity contribution is 0.127. The highest BCUT2D eigenvalue weighted by molar-refractivity contribution is 5.02. The van der Waals surface area contributed by atoms with Crippen LogP contribution in [-0.4, -0.2) is 23.8 Å². The van der Waals surface area contributed by atoms with E-state index in [1.807, 2.05) is 0 Å². The molecule has 0 aromatic rings. The van der Waals surface area contributed by atoms with Gasteiger partial charge in [0.1, 0.15) is 0 Å². The second kappa shape index (κ2) is 11.3. The maximum Gasteiger partial charge on any atom is 0.0210 e. The average Bonchev–Trinajstić information content (AvgIpc) is 2.98. The van der Waals surface area contributed by atoms with Gasteiger partial charge in [-0.1, -0.05) is 52.9 Å². The fourth-order valence-corrected chi connectivity index (χ4v) is 7.49. The first-order valence-corrected chi connectivity index (χ1v) is 12.8. The van der Waals surface area contributed by atoms with Gasteiger partial charge in [-0.2, -0.15) is 0 Å². The van der Waals surface area contributed by atoms with Crippen LogP contribution in [0.25, 0.3) is 0 Å². The zero-order valence-electron chi connectivity index (χ0n) is 19.0. The van der Waals surface area contributed by atoms with Crippen molar-refractivity contribution in [2.75, 3.05) is 6.54 Å². The number of hydroxylamine groups is 1. The summed E-state index contributed by atoms with van der Waals surface area (Å²) in [6.07, 6.45) is 17.9. The lowest BCUT2D eigenvalue weighted by Gasteiger charge is -2.38. The van der Waals surface area contributed by atoms with Crippen LogP contribution in [0.4, 0.5) is 0 Å². The monoisotopic (exact) mass is 392 g/mol. The van der Waals surface area contributed by atoms with E-state index in [0.29, 0.717) is 0 Å². The van der Waals surface area contributed by atoms with Gasteiger partial charge in [-0.3, -0.25) is 0 Å². The van der Waals surface area contributed by atoms with E-state index in [1.54, 1.807) is 0 Å². The minimum absolute atomic E-state index is 0.736. The number of hydrogen-bond donors (Lipinski definition) is 3. The molecule has 0 aromatic heterocycles. The number of unbranched alkanes of at least 4 members (excludes halogenated alkanes) is 2. The first-order valence-electron chi connectivity index (χ1n) is 12.8. The van der Waals surface area contributed by atoms with Crippen molar-refractivity contribution in [2.24, 2.45) is 35.5 Å². The van der Waals surface area contributed by atoms with Gasteiger partial charge in [-0.25, -0.2) is 5.48 Å². The van der Waals surface area contributed by atoms with Gasteiger partial charge < -0.3 is 10.5 Å². The van der Waals surface area contributed by atoms with Crippen LogP contribution in [-0.2, 0) is 0 Å². The van der Waals surface area contributed by atoms with E-state index in [9.17, 15) is 5.21 Å². The third-order valence-corrected chi connectivity index (χ3v) is 8.68. The van der Waals surface area contributed by atoms with Gasteiger partial charge in [-0.15, -0.1) is 0 Å². The lowest BCUT2D eigenvalue weighted by Crippen LogP contribution is -2.43. The minimum Gasteiger partial charge on any atom is -0.317 e. The molecule has 0 aliphatic heterocycles. The van der Waals surface area contributed by atoms with Gasteiger partial charge in [0.15, 0.2) is 0 Å². The molecule has 3 heteroatoms. The fraction of sp³-hybridized carbons (Fsp3) is 1.00. The normalized spacial score (nSPS) is 38.8. The van der Waals surface area contributed by atoms with Gasteiger partial charge in [0.05, 0.1) is 0 Å². The zero-order valence-corrected chi connectivity index (χ0v) is 19.0. The van der Waals surface area contributed by atoms with Crippen molar-refractivity contribution in [1.29, 1.82) is 0 Å². The molecule has 0 bridgehead atoms. The van der Waals surface area contributed by atoms with Gasteiger partial charge in [0.2, 0.25) is 0 Å². The summed E-state index contributed by atoms with van der Waals surface area (Å²) in [7, 11) is 0. The third kappa shape index (κ3) is 5.52. The van der Waals surface area contributed by atoms with Crippen molar-refractivity contribution in [3.8, 4) is 0 Å². The molecule has 8 atom stereocenters. The molecule has 3 fully saturated rings. The number of fused-ring (bicyclic) bond motifs is 3. The molecule has 0 amide bonds.